The van der Waals surface area contributed by atoms with Gasteiger partial charge in [-0.2, -0.15) is 0 Å². The summed E-state index contributed by atoms with van der Waals surface area (Å²) in [4.78, 5) is 14.8. The molecule has 0 aliphatic heterocycles. The Hall–Kier alpha value is -1.75. The lowest BCUT2D eigenvalue weighted by Gasteiger charge is -2.27. The zero-order valence-electron chi connectivity index (χ0n) is 10.7. The van der Waals surface area contributed by atoms with Crippen LogP contribution in [0.25, 0.3) is 0 Å². The third-order valence-electron chi connectivity index (χ3n) is 2.65. The topological polar surface area (TPSA) is 73.4 Å². The number of guanidine groups is 1. The van der Waals surface area contributed by atoms with Crippen LogP contribution in [0.1, 0.15) is 12.5 Å². The molecule has 0 bridgehead atoms. The molecular weight excluding hydrogens is 252 g/mol. The Labute approximate surface area is 112 Å². The number of nitrogens with one attached hydrogen (secondary N) is 1. The number of rotatable bonds is 2. The highest BCUT2D eigenvalue weighted by Crippen LogP contribution is 2.29. The highest BCUT2D eigenvalue weighted by atomic mass is 35.5. The summed E-state index contributed by atoms with van der Waals surface area (Å²) in [7, 11) is 1.61. The molecule has 1 aromatic rings. The minimum absolute atomic E-state index is 0.279. The summed E-state index contributed by atoms with van der Waals surface area (Å²) in [5.41, 5.74) is 6.88. The number of carbonyl (C=O) groups excluding carboxylic acids is 1. The van der Waals surface area contributed by atoms with E-state index in [0.29, 0.717) is 17.3 Å². The van der Waals surface area contributed by atoms with Gasteiger partial charge < -0.3 is 5.73 Å². The molecule has 0 radical (unpaired) electrons. The molecule has 0 saturated carbocycles. The Morgan fingerprint density at radius 1 is 1.50 bits per heavy atom. The maximum absolute atomic E-state index is 12.2. The number of carbonyl (C=O) groups is 1. The fourth-order valence-corrected chi connectivity index (χ4v) is 2.08. The Balaban J connectivity index is 3.10. The van der Waals surface area contributed by atoms with Crippen LogP contribution in [0, 0.1) is 12.3 Å². The first-order valence-electron chi connectivity index (χ1n) is 5.54. The third-order valence-corrected chi connectivity index (χ3v) is 2.95. The standard InChI is InChI=1S/C12H17ClN4O/c1-4-17(11(14)15)12(18)16(3)10-8(2)6-5-7-9(10)13/h5-7H,4H2,1-3H3,(H3,14,15). The van der Waals surface area contributed by atoms with Crippen LogP contribution in [0.5, 0.6) is 0 Å². The van der Waals surface area contributed by atoms with Gasteiger partial charge in [-0.3, -0.25) is 15.2 Å². The van der Waals surface area contributed by atoms with E-state index in [-0.39, 0.29) is 12.0 Å². The lowest BCUT2D eigenvalue weighted by Crippen LogP contribution is -2.47. The fraction of sp³-hybridized carbons (Fsp3) is 0.333. The van der Waals surface area contributed by atoms with Crippen molar-refractivity contribution in [3.05, 3.63) is 28.8 Å². The minimum atomic E-state index is -0.374. The van der Waals surface area contributed by atoms with Crippen LogP contribution in [0.15, 0.2) is 18.2 Å². The van der Waals surface area contributed by atoms with Crippen molar-refractivity contribution in [2.75, 3.05) is 18.5 Å². The van der Waals surface area contributed by atoms with E-state index in [2.05, 4.69) is 0 Å². The molecule has 0 heterocycles. The number of para-hydroxylation sites is 1. The molecule has 0 spiro atoms. The van der Waals surface area contributed by atoms with E-state index in [4.69, 9.17) is 22.7 Å². The number of amides is 2. The summed E-state index contributed by atoms with van der Waals surface area (Å²) >= 11 is 6.10. The summed E-state index contributed by atoms with van der Waals surface area (Å²) in [6.45, 7) is 3.96. The van der Waals surface area contributed by atoms with Crippen LogP contribution < -0.4 is 10.6 Å². The maximum Gasteiger partial charge on any atom is 0.331 e. The Bertz CT molecular complexity index is 455. The van der Waals surface area contributed by atoms with Gasteiger partial charge in [0.2, 0.25) is 0 Å². The predicted molar refractivity (Wildman–Crippen MR) is 74.3 cm³/mol. The third kappa shape index (κ3) is 2.73. The van der Waals surface area contributed by atoms with Gasteiger partial charge in [-0.15, -0.1) is 0 Å². The van der Waals surface area contributed by atoms with Crippen molar-refractivity contribution in [1.29, 1.82) is 5.41 Å². The molecule has 0 saturated heterocycles. The molecule has 98 valence electrons. The lowest BCUT2D eigenvalue weighted by atomic mass is 10.2. The van der Waals surface area contributed by atoms with E-state index in [0.717, 1.165) is 5.56 Å². The first-order chi connectivity index (χ1) is 8.40. The first kappa shape index (κ1) is 14.3. The van der Waals surface area contributed by atoms with Crippen LogP contribution in [0.3, 0.4) is 0 Å². The minimum Gasteiger partial charge on any atom is -0.370 e. The van der Waals surface area contributed by atoms with E-state index in [1.165, 1.54) is 9.80 Å². The van der Waals surface area contributed by atoms with Gasteiger partial charge in [-0.05, 0) is 25.5 Å². The number of nitrogens with two attached hydrogens (primary N) is 1. The fourth-order valence-electron chi connectivity index (χ4n) is 1.73. The van der Waals surface area contributed by atoms with Gasteiger partial charge in [-0.25, -0.2) is 4.79 Å². The Kier molecular flexibility index (Phi) is 4.55. The van der Waals surface area contributed by atoms with Crippen molar-refractivity contribution in [2.24, 2.45) is 5.73 Å². The van der Waals surface area contributed by atoms with Crippen molar-refractivity contribution < 1.29 is 4.79 Å². The smallest absolute Gasteiger partial charge is 0.331 e. The first-order valence-corrected chi connectivity index (χ1v) is 5.92. The van der Waals surface area contributed by atoms with Gasteiger partial charge in [0.15, 0.2) is 5.96 Å². The summed E-state index contributed by atoms with van der Waals surface area (Å²) in [5, 5.41) is 7.86. The molecule has 0 fully saturated rings. The Morgan fingerprint density at radius 2 is 2.11 bits per heavy atom. The molecule has 0 atom stereocenters. The van der Waals surface area contributed by atoms with Crippen LogP contribution >= 0.6 is 11.6 Å². The number of anilines is 1. The van der Waals surface area contributed by atoms with E-state index >= 15 is 0 Å². The van der Waals surface area contributed by atoms with Crippen molar-refractivity contribution in [1.82, 2.24) is 4.90 Å². The Morgan fingerprint density at radius 3 is 2.56 bits per heavy atom. The van der Waals surface area contributed by atoms with Crippen molar-refractivity contribution in [2.45, 2.75) is 13.8 Å². The maximum atomic E-state index is 12.2. The zero-order chi connectivity index (χ0) is 13.9. The molecule has 3 N–H and O–H groups in total. The van der Waals surface area contributed by atoms with Crippen LogP contribution in [0.2, 0.25) is 5.02 Å². The SMILES string of the molecule is CCN(C(=N)N)C(=O)N(C)c1c(C)cccc1Cl. The van der Waals surface area contributed by atoms with Crippen molar-refractivity contribution >= 4 is 29.3 Å². The van der Waals surface area contributed by atoms with Gasteiger partial charge in [-0.1, -0.05) is 23.7 Å². The monoisotopic (exact) mass is 268 g/mol. The number of aryl methyl sites for hydroxylation is 1. The summed E-state index contributed by atoms with van der Waals surface area (Å²) in [5.74, 6) is -0.279. The largest absolute Gasteiger partial charge is 0.370 e. The van der Waals surface area contributed by atoms with E-state index in [9.17, 15) is 4.79 Å². The molecule has 0 unspecified atom stereocenters. The molecule has 0 aliphatic carbocycles. The quantitative estimate of drug-likeness (QED) is 0.639. The number of urea groups is 1. The van der Waals surface area contributed by atoms with Gasteiger partial charge >= 0.3 is 6.03 Å². The number of nitrogens with zero attached hydrogens (tertiary/aromatic N) is 2. The lowest BCUT2D eigenvalue weighted by molar-refractivity contribution is 0.229. The second-order valence-electron chi connectivity index (χ2n) is 3.88. The molecule has 2 amide bonds. The molecule has 6 heteroatoms. The summed E-state index contributed by atoms with van der Waals surface area (Å²) in [6, 6.07) is 5.04. The van der Waals surface area contributed by atoms with Crippen LogP contribution in [-0.4, -0.2) is 30.5 Å². The molecule has 1 rings (SSSR count). The second-order valence-corrected chi connectivity index (χ2v) is 4.28. The van der Waals surface area contributed by atoms with Gasteiger partial charge in [0, 0.05) is 13.6 Å². The zero-order valence-corrected chi connectivity index (χ0v) is 11.5. The van der Waals surface area contributed by atoms with E-state index in [1.54, 1.807) is 20.0 Å². The molecule has 0 aliphatic rings. The molecule has 5 nitrogen and oxygen atoms in total. The van der Waals surface area contributed by atoms with Crippen molar-refractivity contribution in [3.8, 4) is 0 Å². The van der Waals surface area contributed by atoms with Crippen molar-refractivity contribution in [3.63, 3.8) is 0 Å². The van der Waals surface area contributed by atoms with Gasteiger partial charge in [0.05, 0.1) is 10.7 Å². The molecular formula is C12H17ClN4O. The van der Waals surface area contributed by atoms with E-state index < -0.39 is 0 Å². The number of benzene rings is 1. The number of halogens is 1. The highest BCUT2D eigenvalue weighted by molar-refractivity contribution is 6.34. The highest BCUT2D eigenvalue weighted by Gasteiger charge is 2.22. The van der Waals surface area contributed by atoms with E-state index in [1.807, 2.05) is 19.1 Å². The normalized spacial score (nSPS) is 10.0. The van der Waals surface area contributed by atoms with Gasteiger partial charge in [0.1, 0.15) is 0 Å². The molecule has 0 aromatic heterocycles. The summed E-state index contributed by atoms with van der Waals surface area (Å²) in [6.07, 6.45) is 0. The number of hydrogen-bond acceptors (Lipinski definition) is 2. The van der Waals surface area contributed by atoms with Crippen LogP contribution in [0.4, 0.5) is 10.5 Å². The van der Waals surface area contributed by atoms with Crippen LogP contribution in [-0.2, 0) is 0 Å². The second kappa shape index (κ2) is 5.73. The van der Waals surface area contributed by atoms with Gasteiger partial charge in [0.25, 0.3) is 0 Å². The molecule has 18 heavy (non-hydrogen) atoms. The summed E-state index contributed by atoms with van der Waals surface area (Å²) < 4.78 is 0. The average molecular weight is 269 g/mol. The number of hydrogen-bond donors (Lipinski definition) is 2. The average Bonchev–Trinajstić information content (AvgIpc) is 2.28. The molecule has 1 aromatic carbocycles. The predicted octanol–water partition coefficient (Wildman–Crippen LogP) is 2.42.